The van der Waals surface area contributed by atoms with Gasteiger partial charge in [0.25, 0.3) is 5.91 Å². The van der Waals surface area contributed by atoms with Gasteiger partial charge in [0.15, 0.2) is 6.04 Å². The van der Waals surface area contributed by atoms with E-state index in [0.717, 1.165) is 11.0 Å². The molecule has 1 aromatic rings. The quantitative estimate of drug-likeness (QED) is 0.851. The van der Waals surface area contributed by atoms with Crippen LogP contribution >= 0.6 is 0 Å². The summed E-state index contributed by atoms with van der Waals surface area (Å²) in [7, 11) is 0. The van der Waals surface area contributed by atoms with E-state index in [9.17, 15) is 18.4 Å². The number of nitrogens with one attached hydrogen (secondary N) is 1. The molecule has 7 heteroatoms. The highest BCUT2D eigenvalue weighted by molar-refractivity contribution is 5.97. The van der Waals surface area contributed by atoms with Crippen LogP contribution in [0.15, 0.2) is 18.2 Å². The molecule has 0 radical (unpaired) electrons. The fraction of sp³-hybridized carbons (Fsp3) is 0.429. The van der Waals surface area contributed by atoms with Gasteiger partial charge < -0.3 is 10.6 Å². The van der Waals surface area contributed by atoms with Crippen molar-refractivity contribution in [3.8, 4) is 0 Å². The molecule has 3 amide bonds. The van der Waals surface area contributed by atoms with Crippen LogP contribution in [0.4, 0.5) is 13.6 Å². The number of urea groups is 1. The maximum Gasteiger partial charge on any atom is 0.324 e. The van der Waals surface area contributed by atoms with Crippen molar-refractivity contribution in [2.24, 2.45) is 0 Å². The molecule has 0 aromatic heterocycles. The molecule has 0 spiro atoms. The zero-order valence-electron chi connectivity index (χ0n) is 11.9. The Kier molecular flexibility index (Phi) is 4.52. The summed E-state index contributed by atoms with van der Waals surface area (Å²) in [6.45, 7) is 4.17. The van der Waals surface area contributed by atoms with Gasteiger partial charge in [0, 0.05) is 24.7 Å². The molecule has 5 nitrogen and oxygen atoms in total. The molecular formula is C14H18F2N3O2+. The van der Waals surface area contributed by atoms with Gasteiger partial charge in [0.1, 0.15) is 17.7 Å². The molecule has 1 aromatic carbocycles. The molecule has 1 aliphatic rings. The van der Waals surface area contributed by atoms with E-state index >= 15 is 0 Å². The standard InChI is InChI=1S/C14H17F2N3O2/c1-8(11-4-3-10(15)7-12(11)16)18-9(2)13(20)19-6-5-17-14(19)21/h3-4,7-9,18H,5-6H2,1-2H3,(H,17,21)/p+1/t8-,9-/m0/s1. The van der Waals surface area contributed by atoms with Crippen molar-refractivity contribution in [3.63, 3.8) is 0 Å². The molecule has 2 rings (SSSR count). The summed E-state index contributed by atoms with van der Waals surface area (Å²) < 4.78 is 26.6. The number of hydrogen-bond acceptors (Lipinski definition) is 2. The Balaban J connectivity index is 2.03. The lowest BCUT2D eigenvalue weighted by molar-refractivity contribution is -0.711. The fourth-order valence-corrected chi connectivity index (χ4v) is 2.42. The van der Waals surface area contributed by atoms with E-state index in [4.69, 9.17) is 0 Å². The second kappa shape index (κ2) is 6.17. The molecule has 21 heavy (non-hydrogen) atoms. The first kappa shape index (κ1) is 15.4. The van der Waals surface area contributed by atoms with Crippen LogP contribution in [0.25, 0.3) is 0 Å². The molecule has 3 N–H and O–H groups in total. The third-order valence-corrected chi connectivity index (χ3v) is 3.54. The van der Waals surface area contributed by atoms with Gasteiger partial charge in [-0.3, -0.25) is 9.69 Å². The van der Waals surface area contributed by atoms with Crippen molar-refractivity contribution >= 4 is 11.9 Å². The summed E-state index contributed by atoms with van der Waals surface area (Å²) in [6.07, 6.45) is 0. The first-order valence-corrected chi connectivity index (χ1v) is 6.79. The lowest BCUT2D eigenvalue weighted by atomic mass is 10.1. The number of imide groups is 1. The molecule has 1 saturated heterocycles. The van der Waals surface area contributed by atoms with E-state index in [2.05, 4.69) is 5.32 Å². The van der Waals surface area contributed by atoms with E-state index < -0.39 is 23.7 Å². The summed E-state index contributed by atoms with van der Waals surface area (Å²) in [5, 5.41) is 4.21. The number of nitrogens with two attached hydrogens (primary N) is 1. The number of carbonyl (C=O) groups is 2. The molecule has 1 heterocycles. The minimum atomic E-state index is -0.641. The van der Waals surface area contributed by atoms with Crippen LogP contribution in [0.2, 0.25) is 0 Å². The monoisotopic (exact) mass is 298 g/mol. The number of quaternary nitrogens is 1. The minimum absolute atomic E-state index is 0.320. The van der Waals surface area contributed by atoms with E-state index in [-0.39, 0.29) is 11.9 Å². The van der Waals surface area contributed by atoms with Gasteiger partial charge in [-0.2, -0.15) is 0 Å². The zero-order chi connectivity index (χ0) is 15.6. The Morgan fingerprint density at radius 2 is 2.10 bits per heavy atom. The second-order valence-corrected chi connectivity index (χ2v) is 5.16. The molecule has 1 fully saturated rings. The SMILES string of the molecule is C[C@H]([NH2+][C@@H](C)c1ccc(F)cc1F)C(=O)N1CCNC1=O. The number of nitrogens with zero attached hydrogens (tertiary/aromatic N) is 1. The maximum atomic E-state index is 13.7. The fourth-order valence-electron chi connectivity index (χ4n) is 2.42. The molecular weight excluding hydrogens is 280 g/mol. The highest BCUT2D eigenvalue weighted by atomic mass is 19.1. The predicted molar refractivity (Wildman–Crippen MR) is 71.3 cm³/mol. The van der Waals surface area contributed by atoms with Crippen molar-refractivity contribution in [1.29, 1.82) is 0 Å². The van der Waals surface area contributed by atoms with Gasteiger partial charge in [-0.15, -0.1) is 0 Å². The van der Waals surface area contributed by atoms with Crippen molar-refractivity contribution < 1.29 is 23.7 Å². The molecule has 0 bridgehead atoms. The summed E-state index contributed by atoms with van der Waals surface area (Å²) >= 11 is 0. The Morgan fingerprint density at radius 3 is 2.67 bits per heavy atom. The summed E-state index contributed by atoms with van der Waals surface area (Å²) in [6, 6.07) is 2.07. The van der Waals surface area contributed by atoms with Gasteiger partial charge >= 0.3 is 6.03 Å². The average molecular weight is 298 g/mol. The molecule has 1 aliphatic heterocycles. The Bertz CT molecular complexity index is 565. The molecule has 114 valence electrons. The number of benzene rings is 1. The number of amides is 3. The van der Waals surface area contributed by atoms with Crippen LogP contribution in [0.5, 0.6) is 0 Å². The van der Waals surface area contributed by atoms with Crippen LogP contribution in [0.1, 0.15) is 25.5 Å². The molecule has 0 unspecified atom stereocenters. The maximum absolute atomic E-state index is 13.7. The number of halogens is 2. The van der Waals surface area contributed by atoms with E-state index in [1.54, 1.807) is 19.2 Å². The third kappa shape index (κ3) is 3.36. The Hall–Kier alpha value is -2.02. The van der Waals surface area contributed by atoms with Gasteiger partial charge in [-0.1, -0.05) is 0 Å². The predicted octanol–water partition coefficient (Wildman–Crippen LogP) is 0.530. The lowest BCUT2D eigenvalue weighted by Crippen LogP contribution is -2.92. The molecule has 0 aliphatic carbocycles. The first-order valence-electron chi connectivity index (χ1n) is 6.79. The highest BCUT2D eigenvalue weighted by Crippen LogP contribution is 2.15. The normalized spacial score (nSPS) is 17.5. The lowest BCUT2D eigenvalue weighted by Gasteiger charge is -2.20. The van der Waals surface area contributed by atoms with Crippen LogP contribution < -0.4 is 10.6 Å². The largest absolute Gasteiger partial charge is 0.336 e. The molecule has 2 atom stereocenters. The zero-order valence-corrected chi connectivity index (χ0v) is 11.9. The highest BCUT2D eigenvalue weighted by Gasteiger charge is 2.32. The van der Waals surface area contributed by atoms with Gasteiger partial charge in [-0.05, 0) is 26.0 Å². The smallest absolute Gasteiger partial charge is 0.324 e. The Morgan fingerprint density at radius 1 is 1.38 bits per heavy atom. The Labute approximate surface area is 121 Å². The van der Waals surface area contributed by atoms with Crippen molar-refractivity contribution in [2.75, 3.05) is 13.1 Å². The van der Waals surface area contributed by atoms with E-state index in [1.165, 1.54) is 12.1 Å². The van der Waals surface area contributed by atoms with Gasteiger partial charge in [-0.25, -0.2) is 13.6 Å². The van der Waals surface area contributed by atoms with Crippen LogP contribution in [0.3, 0.4) is 0 Å². The molecule has 0 saturated carbocycles. The van der Waals surface area contributed by atoms with Crippen molar-refractivity contribution in [3.05, 3.63) is 35.4 Å². The summed E-state index contributed by atoms with van der Waals surface area (Å²) in [5.74, 6) is -1.60. The van der Waals surface area contributed by atoms with Gasteiger partial charge in [0.05, 0.1) is 0 Å². The van der Waals surface area contributed by atoms with Crippen LogP contribution in [0, 0.1) is 11.6 Å². The summed E-state index contributed by atoms with van der Waals surface area (Å²) in [5.41, 5.74) is 0.321. The number of carbonyl (C=O) groups excluding carboxylic acids is 2. The van der Waals surface area contributed by atoms with E-state index in [1.807, 2.05) is 0 Å². The van der Waals surface area contributed by atoms with Crippen LogP contribution in [-0.2, 0) is 4.79 Å². The third-order valence-electron chi connectivity index (χ3n) is 3.54. The van der Waals surface area contributed by atoms with Crippen LogP contribution in [-0.4, -0.2) is 36.0 Å². The first-order chi connectivity index (χ1) is 9.90. The number of hydrogen-bond donors (Lipinski definition) is 2. The van der Waals surface area contributed by atoms with E-state index in [0.29, 0.717) is 18.7 Å². The topological polar surface area (TPSA) is 66.0 Å². The van der Waals surface area contributed by atoms with Gasteiger partial charge in [0.2, 0.25) is 0 Å². The van der Waals surface area contributed by atoms with Crippen molar-refractivity contribution in [1.82, 2.24) is 10.2 Å². The minimum Gasteiger partial charge on any atom is -0.336 e. The average Bonchev–Trinajstić information content (AvgIpc) is 2.83. The number of rotatable bonds is 4. The second-order valence-electron chi connectivity index (χ2n) is 5.16. The summed E-state index contributed by atoms with van der Waals surface area (Å²) in [4.78, 5) is 24.7. The van der Waals surface area contributed by atoms with Crippen molar-refractivity contribution in [2.45, 2.75) is 25.9 Å².